The SMILES string of the molecule is COc1ccc(C(NC(=O)C(C)NC(=O)c2ccc(Cl)cc2)C(=O)NC(C(=O)C(F)(F)F)C(C)C)cc1. The molecule has 3 atom stereocenters. The van der Waals surface area contributed by atoms with E-state index in [0.29, 0.717) is 10.8 Å². The molecule has 3 unspecified atom stereocenters. The summed E-state index contributed by atoms with van der Waals surface area (Å²) in [6, 6.07) is 7.31. The number of carbonyl (C=O) groups excluding carboxylic acids is 4. The van der Waals surface area contributed by atoms with Gasteiger partial charge in [-0.05, 0) is 54.8 Å². The first kappa shape index (κ1) is 29.6. The number of hydrogen-bond donors (Lipinski definition) is 3. The number of ether oxygens (including phenoxy) is 1. The number of alkyl halides is 3. The van der Waals surface area contributed by atoms with Gasteiger partial charge in [0.15, 0.2) is 0 Å². The minimum Gasteiger partial charge on any atom is -0.497 e. The van der Waals surface area contributed by atoms with E-state index >= 15 is 0 Å². The summed E-state index contributed by atoms with van der Waals surface area (Å²) in [6.07, 6.45) is -5.17. The molecule has 0 fully saturated rings. The third kappa shape index (κ3) is 8.21. The molecular formula is C25H27ClF3N3O5. The molecule has 0 heterocycles. The summed E-state index contributed by atoms with van der Waals surface area (Å²) >= 11 is 5.81. The van der Waals surface area contributed by atoms with Gasteiger partial charge in [-0.2, -0.15) is 13.2 Å². The van der Waals surface area contributed by atoms with E-state index in [0.717, 1.165) is 0 Å². The van der Waals surface area contributed by atoms with E-state index in [-0.39, 0.29) is 11.1 Å². The quantitative estimate of drug-likeness (QED) is 0.425. The number of nitrogens with one attached hydrogen (secondary N) is 3. The van der Waals surface area contributed by atoms with Crippen LogP contribution in [0.4, 0.5) is 13.2 Å². The van der Waals surface area contributed by atoms with Crippen LogP contribution in [0.1, 0.15) is 42.7 Å². The van der Waals surface area contributed by atoms with Crippen molar-refractivity contribution in [2.24, 2.45) is 5.92 Å². The minimum atomic E-state index is -5.17. The third-order valence-electron chi connectivity index (χ3n) is 5.37. The Bertz CT molecular complexity index is 1120. The number of hydrogen-bond acceptors (Lipinski definition) is 5. The monoisotopic (exact) mass is 541 g/mol. The molecule has 2 rings (SSSR count). The number of Topliss-reactive ketones (excluding diaryl/α,β-unsaturated/α-hetero) is 1. The van der Waals surface area contributed by atoms with Crippen LogP contribution in [-0.4, -0.2) is 48.9 Å². The zero-order chi connectivity index (χ0) is 27.9. The fraction of sp³-hybridized carbons (Fsp3) is 0.360. The van der Waals surface area contributed by atoms with Crippen molar-refractivity contribution in [3.63, 3.8) is 0 Å². The van der Waals surface area contributed by atoms with Crippen molar-refractivity contribution < 1.29 is 37.1 Å². The number of methoxy groups -OCH3 is 1. The van der Waals surface area contributed by atoms with Gasteiger partial charge in [0.2, 0.25) is 11.8 Å². The molecule has 0 bridgehead atoms. The maximum atomic E-state index is 13.1. The molecule has 2 aromatic rings. The average molecular weight is 542 g/mol. The Morgan fingerprint density at radius 2 is 1.41 bits per heavy atom. The first-order valence-electron chi connectivity index (χ1n) is 11.2. The topological polar surface area (TPSA) is 114 Å². The summed E-state index contributed by atoms with van der Waals surface area (Å²) in [4.78, 5) is 50.3. The highest BCUT2D eigenvalue weighted by molar-refractivity contribution is 6.30. The van der Waals surface area contributed by atoms with Gasteiger partial charge in [-0.25, -0.2) is 0 Å². The van der Waals surface area contributed by atoms with E-state index in [9.17, 15) is 32.3 Å². The van der Waals surface area contributed by atoms with Gasteiger partial charge in [-0.15, -0.1) is 0 Å². The van der Waals surface area contributed by atoms with Crippen molar-refractivity contribution in [1.82, 2.24) is 16.0 Å². The van der Waals surface area contributed by atoms with Crippen LogP contribution in [-0.2, 0) is 14.4 Å². The lowest BCUT2D eigenvalue weighted by atomic mass is 9.97. The summed E-state index contributed by atoms with van der Waals surface area (Å²) in [5, 5.41) is 7.44. The predicted molar refractivity (Wildman–Crippen MR) is 130 cm³/mol. The largest absolute Gasteiger partial charge is 0.497 e. The molecule has 3 amide bonds. The summed E-state index contributed by atoms with van der Waals surface area (Å²) < 4.78 is 44.3. The minimum absolute atomic E-state index is 0.213. The molecule has 2 aromatic carbocycles. The molecule has 0 aliphatic heterocycles. The Kier molecular flexibility index (Phi) is 10.1. The first-order valence-corrected chi connectivity index (χ1v) is 11.5. The van der Waals surface area contributed by atoms with Gasteiger partial charge in [-0.1, -0.05) is 37.6 Å². The number of benzene rings is 2. The lowest BCUT2D eigenvalue weighted by molar-refractivity contribution is -0.175. The molecule has 0 aromatic heterocycles. The molecular weight excluding hydrogens is 515 g/mol. The van der Waals surface area contributed by atoms with Crippen LogP contribution in [0, 0.1) is 5.92 Å². The molecule has 0 aliphatic carbocycles. The highest BCUT2D eigenvalue weighted by Crippen LogP contribution is 2.23. The van der Waals surface area contributed by atoms with Crippen LogP contribution < -0.4 is 20.7 Å². The van der Waals surface area contributed by atoms with Crippen molar-refractivity contribution in [3.05, 3.63) is 64.7 Å². The molecule has 8 nitrogen and oxygen atoms in total. The number of amides is 3. The van der Waals surface area contributed by atoms with Crippen LogP contribution in [0.25, 0.3) is 0 Å². The van der Waals surface area contributed by atoms with Crippen molar-refractivity contribution in [3.8, 4) is 5.75 Å². The van der Waals surface area contributed by atoms with Crippen LogP contribution in [0.5, 0.6) is 5.75 Å². The van der Waals surface area contributed by atoms with Gasteiger partial charge >= 0.3 is 6.18 Å². The lowest BCUT2D eigenvalue weighted by Gasteiger charge is -2.26. The van der Waals surface area contributed by atoms with E-state index < -0.39 is 53.7 Å². The standard InChI is InChI=1S/C25H27ClF3N3O5/c1-13(2)19(21(33)25(27,28)29)31-24(36)20(15-7-11-18(37-4)12-8-15)32-22(34)14(3)30-23(35)16-5-9-17(26)10-6-16/h5-14,19-20H,1-4H3,(H,30,35)(H,31,36)(H,32,34). The lowest BCUT2D eigenvalue weighted by Crippen LogP contribution is -2.54. The third-order valence-corrected chi connectivity index (χ3v) is 5.62. The van der Waals surface area contributed by atoms with Crippen molar-refractivity contribution in [2.45, 2.75) is 45.1 Å². The highest BCUT2D eigenvalue weighted by atomic mass is 35.5. The molecule has 0 aliphatic rings. The summed E-state index contributed by atoms with van der Waals surface area (Å²) in [6.45, 7) is 4.07. The summed E-state index contributed by atoms with van der Waals surface area (Å²) in [7, 11) is 1.42. The second kappa shape index (κ2) is 12.6. The van der Waals surface area contributed by atoms with E-state index in [2.05, 4.69) is 16.0 Å². The Morgan fingerprint density at radius 3 is 1.89 bits per heavy atom. The molecule has 0 saturated heterocycles. The van der Waals surface area contributed by atoms with Crippen molar-refractivity contribution in [1.29, 1.82) is 0 Å². The molecule has 200 valence electrons. The van der Waals surface area contributed by atoms with E-state index in [1.54, 1.807) is 0 Å². The number of ketones is 1. The molecule has 37 heavy (non-hydrogen) atoms. The van der Waals surface area contributed by atoms with Crippen molar-refractivity contribution >= 4 is 35.1 Å². The number of halogens is 4. The Morgan fingerprint density at radius 1 is 0.838 bits per heavy atom. The average Bonchev–Trinajstić information content (AvgIpc) is 2.84. The van der Waals surface area contributed by atoms with Crippen LogP contribution in [0.2, 0.25) is 5.02 Å². The van der Waals surface area contributed by atoms with Gasteiger partial charge in [-0.3, -0.25) is 19.2 Å². The second-order valence-corrected chi connectivity index (χ2v) is 8.95. The molecule has 0 saturated carbocycles. The number of rotatable bonds is 10. The smallest absolute Gasteiger partial charge is 0.452 e. The van der Waals surface area contributed by atoms with Crippen LogP contribution in [0.15, 0.2) is 48.5 Å². The van der Waals surface area contributed by atoms with E-state index in [1.807, 2.05) is 0 Å². The Balaban J connectivity index is 2.26. The van der Waals surface area contributed by atoms with Gasteiger partial charge in [0, 0.05) is 10.6 Å². The maximum Gasteiger partial charge on any atom is 0.452 e. The molecule has 0 radical (unpaired) electrons. The van der Waals surface area contributed by atoms with Gasteiger partial charge in [0.25, 0.3) is 11.7 Å². The van der Waals surface area contributed by atoms with Crippen LogP contribution in [0.3, 0.4) is 0 Å². The number of carbonyl (C=O) groups is 4. The first-order chi connectivity index (χ1) is 17.2. The van der Waals surface area contributed by atoms with Gasteiger partial charge in [0.05, 0.1) is 13.2 Å². The zero-order valence-electron chi connectivity index (χ0n) is 20.5. The Labute approximate surface area is 216 Å². The molecule has 3 N–H and O–H groups in total. The fourth-order valence-corrected chi connectivity index (χ4v) is 3.38. The molecule has 12 heteroatoms. The summed E-state index contributed by atoms with van der Waals surface area (Å²) in [5.74, 6) is -4.97. The van der Waals surface area contributed by atoms with Gasteiger partial charge < -0.3 is 20.7 Å². The normalized spacial score (nSPS) is 13.8. The zero-order valence-corrected chi connectivity index (χ0v) is 21.2. The van der Waals surface area contributed by atoms with Crippen molar-refractivity contribution in [2.75, 3.05) is 7.11 Å². The fourth-order valence-electron chi connectivity index (χ4n) is 3.26. The second-order valence-electron chi connectivity index (χ2n) is 8.51. The maximum absolute atomic E-state index is 13.1. The highest BCUT2D eigenvalue weighted by Gasteiger charge is 2.45. The predicted octanol–water partition coefficient (Wildman–Crippen LogP) is 3.60. The van der Waals surface area contributed by atoms with E-state index in [4.69, 9.17) is 16.3 Å². The summed E-state index contributed by atoms with van der Waals surface area (Å²) in [5.41, 5.74) is 0.448. The van der Waals surface area contributed by atoms with E-state index in [1.165, 1.54) is 76.4 Å². The van der Waals surface area contributed by atoms with Gasteiger partial charge in [0.1, 0.15) is 17.8 Å². The molecule has 0 spiro atoms. The Hall–Kier alpha value is -3.60. The van der Waals surface area contributed by atoms with Crippen LogP contribution >= 0.6 is 11.6 Å².